The van der Waals surface area contributed by atoms with Crippen molar-refractivity contribution in [3.63, 3.8) is 0 Å². The van der Waals surface area contributed by atoms with Gasteiger partial charge in [0.2, 0.25) is 0 Å². The number of pyridine rings is 2. The molecular formula is C20H24BrN9. The molecule has 156 valence electrons. The van der Waals surface area contributed by atoms with Gasteiger partial charge in [0.25, 0.3) is 0 Å². The topological polar surface area (TPSA) is 113 Å². The third kappa shape index (κ3) is 5.07. The summed E-state index contributed by atoms with van der Waals surface area (Å²) in [5.74, 6) is 2.04. The van der Waals surface area contributed by atoms with Gasteiger partial charge in [-0.05, 0) is 67.9 Å². The van der Waals surface area contributed by atoms with Gasteiger partial charge in [0.1, 0.15) is 34.5 Å². The smallest absolute Gasteiger partial charge is 0.182 e. The number of hydrogen-bond donors (Lipinski definition) is 1. The molecular weight excluding hydrogens is 446 g/mol. The molecule has 0 radical (unpaired) electrons. The third-order valence-electron chi connectivity index (χ3n) is 4.20. The van der Waals surface area contributed by atoms with Crippen molar-refractivity contribution >= 4 is 21.7 Å². The number of hydrogen-bond acceptors (Lipinski definition) is 7. The highest BCUT2D eigenvalue weighted by atomic mass is 79.9. The van der Waals surface area contributed by atoms with Crippen molar-refractivity contribution in [3.05, 3.63) is 53.7 Å². The second-order valence-electron chi connectivity index (χ2n) is 7.10. The maximum absolute atomic E-state index is 5.62. The first kappa shape index (κ1) is 21.6. The van der Waals surface area contributed by atoms with E-state index in [1.54, 1.807) is 18.7 Å². The van der Waals surface area contributed by atoms with Crippen LogP contribution in [0.2, 0.25) is 0 Å². The Morgan fingerprint density at radius 3 is 1.73 bits per heavy atom. The van der Waals surface area contributed by atoms with Gasteiger partial charge < -0.3 is 14.9 Å². The van der Waals surface area contributed by atoms with Crippen LogP contribution in [-0.4, -0.2) is 39.5 Å². The van der Waals surface area contributed by atoms with E-state index in [-0.39, 0.29) is 0 Å². The molecule has 9 nitrogen and oxygen atoms in total. The molecule has 4 aromatic rings. The summed E-state index contributed by atoms with van der Waals surface area (Å²) in [6, 6.07) is 11.9. The number of nitrogens with two attached hydrogens (primary N) is 1. The third-order valence-corrected chi connectivity index (χ3v) is 4.64. The summed E-state index contributed by atoms with van der Waals surface area (Å²) < 4.78 is 4.76. The number of nitrogen functional groups attached to an aromatic ring is 1. The zero-order chi connectivity index (χ0) is 21.7. The second kappa shape index (κ2) is 9.57. The Morgan fingerprint density at radius 1 is 0.767 bits per heavy atom. The van der Waals surface area contributed by atoms with Crippen molar-refractivity contribution in [1.82, 2.24) is 39.5 Å². The maximum atomic E-state index is 5.62. The van der Waals surface area contributed by atoms with Gasteiger partial charge in [-0.2, -0.15) is 0 Å². The van der Waals surface area contributed by atoms with E-state index in [0.29, 0.717) is 17.9 Å². The van der Waals surface area contributed by atoms with Crippen molar-refractivity contribution in [3.8, 4) is 23.0 Å². The molecule has 0 bridgehead atoms. The van der Waals surface area contributed by atoms with Crippen LogP contribution in [0.15, 0.2) is 53.7 Å². The van der Waals surface area contributed by atoms with Crippen molar-refractivity contribution in [2.24, 2.45) is 0 Å². The Labute approximate surface area is 183 Å². The van der Waals surface area contributed by atoms with Crippen LogP contribution >= 0.6 is 15.9 Å². The fraction of sp³-hybridized carbons (Fsp3) is 0.300. The first-order valence-corrected chi connectivity index (χ1v) is 10.3. The molecule has 0 atom stereocenters. The molecule has 0 saturated carbocycles. The van der Waals surface area contributed by atoms with E-state index in [0.717, 1.165) is 27.6 Å². The highest BCUT2D eigenvalue weighted by molar-refractivity contribution is 9.10. The lowest BCUT2D eigenvalue weighted by atomic mass is 10.3. The molecule has 4 aromatic heterocycles. The molecule has 0 saturated heterocycles. The molecule has 0 unspecified atom stereocenters. The van der Waals surface area contributed by atoms with E-state index < -0.39 is 0 Å². The normalized spacial score (nSPS) is 10.9. The zero-order valence-corrected chi connectivity index (χ0v) is 18.9. The highest BCUT2D eigenvalue weighted by Gasteiger charge is 2.11. The molecule has 0 aliphatic carbocycles. The van der Waals surface area contributed by atoms with Gasteiger partial charge in [-0.3, -0.25) is 0 Å². The van der Waals surface area contributed by atoms with E-state index in [9.17, 15) is 0 Å². The molecule has 10 heteroatoms. The Kier molecular flexibility index (Phi) is 6.88. The van der Waals surface area contributed by atoms with Crippen LogP contribution in [0, 0.1) is 0 Å². The molecule has 0 aromatic carbocycles. The largest absolute Gasteiger partial charge is 0.384 e. The van der Waals surface area contributed by atoms with Gasteiger partial charge in [-0.15, -0.1) is 20.4 Å². The fourth-order valence-corrected chi connectivity index (χ4v) is 3.06. The van der Waals surface area contributed by atoms with E-state index in [1.807, 2.05) is 39.5 Å². The van der Waals surface area contributed by atoms with E-state index in [4.69, 9.17) is 5.73 Å². The summed E-state index contributed by atoms with van der Waals surface area (Å²) in [5, 5.41) is 15.9. The Hall–Kier alpha value is -3.14. The maximum Gasteiger partial charge on any atom is 0.182 e. The average molecular weight is 470 g/mol. The molecule has 0 aliphatic rings. The summed E-state index contributed by atoms with van der Waals surface area (Å²) in [6.45, 7) is 8.31. The van der Waals surface area contributed by atoms with E-state index in [2.05, 4.69) is 74.0 Å². The molecule has 2 N–H and O–H groups in total. The number of nitrogens with zero attached hydrogens (tertiary/aromatic N) is 8. The first-order chi connectivity index (χ1) is 14.4. The standard InChI is InChI=1S/C10H11BrN4.C10H13N5/c2*1-7(2)15-6-12-14-10(15)8-4-3-5-9(11)13-8/h3-7H,1-2H3;3-7H,1-2H3,(H2,11,13). The SMILES string of the molecule is CC(C)n1cnnc1-c1cccc(Br)n1.CC(C)n1cnnc1-c1cccc(N)n1. The van der Waals surface area contributed by atoms with Gasteiger partial charge in [0.15, 0.2) is 11.6 Å². The van der Waals surface area contributed by atoms with Gasteiger partial charge >= 0.3 is 0 Å². The lowest BCUT2D eigenvalue weighted by Crippen LogP contribution is -2.03. The lowest BCUT2D eigenvalue weighted by Gasteiger charge is -2.09. The van der Waals surface area contributed by atoms with Gasteiger partial charge in [-0.1, -0.05) is 12.1 Å². The number of rotatable bonds is 4. The van der Waals surface area contributed by atoms with Crippen LogP contribution in [0.5, 0.6) is 0 Å². The van der Waals surface area contributed by atoms with Crippen LogP contribution in [0.25, 0.3) is 23.0 Å². The second-order valence-corrected chi connectivity index (χ2v) is 7.92. The lowest BCUT2D eigenvalue weighted by molar-refractivity contribution is 0.603. The molecule has 0 amide bonds. The van der Waals surface area contributed by atoms with Crippen molar-refractivity contribution in [2.45, 2.75) is 39.8 Å². The van der Waals surface area contributed by atoms with E-state index >= 15 is 0 Å². The summed E-state index contributed by atoms with van der Waals surface area (Å²) in [5.41, 5.74) is 7.20. The Bertz CT molecular complexity index is 1010. The van der Waals surface area contributed by atoms with Gasteiger partial charge in [-0.25, -0.2) is 9.97 Å². The zero-order valence-electron chi connectivity index (χ0n) is 17.3. The van der Waals surface area contributed by atoms with Crippen molar-refractivity contribution in [1.29, 1.82) is 0 Å². The molecule has 0 aliphatic heterocycles. The van der Waals surface area contributed by atoms with Crippen molar-refractivity contribution in [2.75, 3.05) is 5.73 Å². The number of aromatic nitrogens is 8. The van der Waals surface area contributed by atoms with Crippen LogP contribution in [0.1, 0.15) is 39.8 Å². The fourth-order valence-electron chi connectivity index (χ4n) is 2.72. The van der Waals surface area contributed by atoms with E-state index in [1.165, 1.54) is 0 Å². The van der Waals surface area contributed by atoms with Crippen LogP contribution < -0.4 is 5.73 Å². The summed E-state index contributed by atoms with van der Waals surface area (Å²) >= 11 is 3.34. The predicted octanol–water partition coefficient (Wildman–Crippen LogP) is 4.19. The minimum absolute atomic E-state index is 0.304. The molecule has 4 rings (SSSR count). The predicted molar refractivity (Wildman–Crippen MR) is 119 cm³/mol. The van der Waals surface area contributed by atoms with Gasteiger partial charge in [0.05, 0.1) is 0 Å². The van der Waals surface area contributed by atoms with Crippen LogP contribution in [0.3, 0.4) is 0 Å². The monoisotopic (exact) mass is 469 g/mol. The highest BCUT2D eigenvalue weighted by Crippen LogP contribution is 2.20. The summed E-state index contributed by atoms with van der Waals surface area (Å²) in [6.07, 6.45) is 3.42. The minimum Gasteiger partial charge on any atom is -0.384 e. The average Bonchev–Trinajstić information content (AvgIpc) is 3.38. The number of halogens is 1. The molecule has 30 heavy (non-hydrogen) atoms. The van der Waals surface area contributed by atoms with Crippen LogP contribution in [-0.2, 0) is 0 Å². The molecule has 4 heterocycles. The molecule has 0 fully saturated rings. The summed E-state index contributed by atoms with van der Waals surface area (Å²) in [7, 11) is 0. The summed E-state index contributed by atoms with van der Waals surface area (Å²) in [4.78, 5) is 8.57. The Morgan fingerprint density at radius 2 is 1.27 bits per heavy atom. The van der Waals surface area contributed by atoms with Gasteiger partial charge in [0, 0.05) is 12.1 Å². The number of anilines is 1. The minimum atomic E-state index is 0.304. The Balaban J connectivity index is 0.000000171. The van der Waals surface area contributed by atoms with Crippen molar-refractivity contribution < 1.29 is 0 Å². The quantitative estimate of drug-likeness (QED) is 0.445. The van der Waals surface area contributed by atoms with Crippen LogP contribution in [0.4, 0.5) is 5.82 Å². The molecule has 0 spiro atoms. The first-order valence-electron chi connectivity index (χ1n) is 9.51.